The van der Waals surface area contributed by atoms with Crippen LogP contribution in [0.3, 0.4) is 0 Å². The molecule has 1 aromatic heterocycles. The number of benzene rings is 1. The first-order valence-electron chi connectivity index (χ1n) is 6.97. The molecule has 0 aliphatic heterocycles. The van der Waals surface area contributed by atoms with Gasteiger partial charge in [-0.05, 0) is 18.4 Å². The lowest BCUT2D eigenvalue weighted by Gasteiger charge is -2.15. The Labute approximate surface area is 127 Å². The van der Waals surface area contributed by atoms with Gasteiger partial charge in [-0.25, -0.2) is 9.07 Å². The van der Waals surface area contributed by atoms with Crippen molar-refractivity contribution in [1.82, 2.24) is 9.78 Å². The standard InChI is InChI=1S/C16H18FN3O2/c1-9(2)16-12(11-6-4-5-10(3)15(11)17)7-14(22)20(19-16)8-13(18)21/h4-7,9H,8H2,1-3H3,(H2,18,21). The molecule has 22 heavy (non-hydrogen) atoms. The average Bonchev–Trinajstić information content (AvgIpc) is 2.43. The van der Waals surface area contributed by atoms with E-state index >= 15 is 0 Å². The maximum Gasteiger partial charge on any atom is 0.267 e. The molecule has 0 unspecified atom stereocenters. The van der Waals surface area contributed by atoms with Gasteiger partial charge in [0.2, 0.25) is 5.91 Å². The molecule has 0 atom stereocenters. The second kappa shape index (κ2) is 6.09. The van der Waals surface area contributed by atoms with Gasteiger partial charge >= 0.3 is 0 Å². The molecule has 0 spiro atoms. The number of carbonyl (C=O) groups is 1. The largest absolute Gasteiger partial charge is 0.368 e. The van der Waals surface area contributed by atoms with Gasteiger partial charge in [0.05, 0.1) is 5.69 Å². The Morgan fingerprint density at radius 1 is 1.36 bits per heavy atom. The first-order chi connectivity index (χ1) is 10.3. The first-order valence-corrected chi connectivity index (χ1v) is 6.97. The van der Waals surface area contributed by atoms with Crippen LogP contribution in [0.25, 0.3) is 11.1 Å². The molecular weight excluding hydrogens is 285 g/mol. The minimum Gasteiger partial charge on any atom is -0.368 e. The minimum absolute atomic E-state index is 0.0466. The van der Waals surface area contributed by atoms with Crippen molar-refractivity contribution in [3.05, 3.63) is 51.7 Å². The molecule has 1 amide bonds. The molecule has 2 aromatic rings. The predicted molar refractivity (Wildman–Crippen MR) is 81.9 cm³/mol. The first kappa shape index (κ1) is 15.9. The average molecular weight is 303 g/mol. The molecule has 0 saturated heterocycles. The Kier molecular flexibility index (Phi) is 4.40. The number of aromatic nitrogens is 2. The summed E-state index contributed by atoms with van der Waals surface area (Å²) in [5.74, 6) is -1.08. The monoisotopic (exact) mass is 303 g/mol. The van der Waals surface area contributed by atoms with Crippen LogP contribution in [0.5, 0.6) is 0 Å². The van der Waals surface area contributed by atoms with Gasteiger partial charge in [0.15, 0.2) is 0 Å². The zero-order valence-electron chi connectivity index (χ0n) is 12.8. The van der Waals surface area contributed by atoms with Crippen molar-refractivity contribution < 1.29 is 9.18 Å². The summed E-state index contributed by atoms with van der Waals surface area (Å²) in [4.78, 5) is 23.1. The number of halogens is 1. The number of nitrogens with two attached hydrogens (primary N) is 1. The van der Waals surface area contributed by atoms with Gasteiger partial charge in [0.1, 0.15) is 12.4 Å². The van der Waals surface area contributed by atoms with Crippen LogP contribution in [0.4, 0.5) is 4.39 Å². The maximum atomic E-state index is 14.4. The summed E-state index contributed by atoms with van der Waals surface area (Å²) < 4.78 is 15.4. The molecule has 1 aromatic carbocycles. The SMILES string of the molecule is Cc1cccc(-c2cc(=O)n(CC(N)=O)nc2C(C)C)c1F. The van der Waals surface area contributed by atoms with Crippen LogP contribution in [-0.4, -0.2) is 15.7 Å². The summed E-state index contributed by atoms with van der Waals surface area (Å²) in [6, 6.07) is 6.31. The number of hydrogen-bond donors (Lipinski definition) is 1. The van der Waals surface area contributed by atoms with E-state index in [2.05, 4.69) is 5.10 Å². The van der Waals surface area contributed by atoms with Crippen LogP contribution in [0.1, 0.15) is 31.0 Å². The predicted octanol–water partition coefficient (Wildman–Crippen LogP) is 1.97. The van der Waals surface area contributed by atoms with Gasteiger partial charge in [-0.15, -0.1) is 0 Å². The zero-order valence-corrected chi connectivity index (χ0v) is 12.8. The third-order valence-electron chi connectivity index (χ3n) is 3.36. The fourth-order valence-corrected chi connectivity index (χ4v) is 2.26. The highest BCUT2D eigenvalue weighted by atomic mass is 19.1. The van der Waals surface area contributed by atoms with Crippen molar-refractivity contribution in [2.45, 2.75) is 33.2 Å². The Hall–Kier alpha value is -2.50. The second-order valence-corrected chi connectivity index (χ2v) is 5.50. The van der Waals surface area contributed by atoms with Crippen molar-refractivity contribution in [3.63, 3.8) is 0 Å². The van der Waals surface area contributed by atoms with Gasteiger partial charge in [-0.2, -0.15) is 5.10 Å². The van der Waals surface area contributed by atoms with Crippen molar-refractivity contribution in [2.24, 2.45) is 5.73 Å². The number of nitrogens with zero attached hydrogens (tertiary/aromatic N) is 2. The fraction of sp³-hybridized carbons (Fsp3) is 0.312. The molecule has 0 radical (unpaired) electrons. The molecule has 0 aliphatic rings. The lowest BCUT2D eigenvalue weighted by molar-refractivity contribution is -0.118. The van der Waals surface area contributed by atoms with Gasteiger partial charge in [-0.1, -0.05) is 32.0 Å². The molecule has 6 heteroatoms. The van der Waals surface area contributed by atoms with Crippen molar-refractivity contribution >= 4 is 5.91 Å². The zero-order chi connectivity index (χ0) is 16.4. The van der Waals surface area contributed by atoms with Crippen LogP contribution in [0.15, 0.2) is 29.1 Å². The summed E-state index contributed by atoms with van der Waals surface area (Å²) in [5, 5.41) is 4.20. The highest BCUT2D eigenvalue weighted by Crippen LogP contribution is 2.29. The summed E-state index contributed by atoms with van der Waals surface area (Å²) >= 11 is 0. The van der Waals surface area contributed by atoms with Gasteiger partial charge in [0, 0.05) is 17.2 Å². The smallest absolute Gasteiger partial charge is 0.267 e. The van der Waals surface area contributed by atoms with E-state index in [0.717, 1.165) is 4.68 Å². The number of aryl methyl sites for hydroxylation is 1. The molecule has 0 fully saturated rings. The number of rotatable bonds is 4. The van der Waals surface area contributed by atoms with Crippen LogP contribution in [0.2, 0.25) is 0 Å². The van der Waals surface area contributed by atoms with Crippen LogP contribution in [-0.2, 0) is 11.3 Å². The van der Waals surface area contributed by atoms with E-state index in [-0.39, 0.29) is 18.3 Å². The third-order valence-corrected chi connectivity index (χ3v) is 3.36. The molecule has 0 saturated carbocycles. The van der Waals surface area contributed by atoms with Gasteiger partial charge < -0.3 is 5.73 Å². The van der Waals surface area contributed by atoms with E-state index in [1.165, 1.54) is 6.07 Å². The highest BCUT2D eigenvalue weighted by molar-refractivity contribution is 5.73. The fourth-order valence-electron chi connectivity index (χ4n) is 2.26. The number of amides is 1. The molecule has 2 N–H and O–H groups in total. The minimum atomic E-state index is -0.654. The molecule has 5 nitrogen and oxygen atoms in total. The molecular formula is C16H18FN3O2. The van der Waals surface area contributed by atoms with Crippen molar-refractivity contribution in [1.29, 1.82) is 0 Å². The van der Waals surface area contributed by atoms with Crippen molar-refractivity contribution in [3.8, 4) is 11.1 Å². The Balaban J connectivity index is 2.70. The van der Waals surface area contributed by atoms with Crippen LogP contribution < -0.4 is 11.3 Å². The Morgan fingerprint density at radius 3 is 2.64 bits per heavy atom. The lowest BCUT2D eigenvalue weighted by Crippen LogP contribution is -2.31. The third kappa shape index (κ3) is 3.05. The topological polar surface area (TPSA) is 78.0 Å². The maximum absolute atomic E-state index is 14.4. The van der Waals surface area contributed by atoms with Crippen LogP contribution >= 0.6 is 0 Å². The lowest BCUT2D eigenvalue weighted by atomic mass is 9.96. The molecule has 1 heterocycles. The highest BCUT2D eigenvalue weighted by Gasteiger charge is 2.18. The molecule has 116 valence electrons. The van der Waals surface area contributed by atoms with Crippen molar-refractivity contribution in [2.75, 3.05) is 0 Å². The summed E-state index contributed by atoms with van der Waals surface area (Å²) in [7, 11) is 0. The van der Waals surface area contributed by atoms with Gasteiger partial charge in [0.25, 0.3) is 5.56 Å². The van der Waals surface area contributed by atoms with E-state index in [4.69, 9.17) is 5.73 Å². The summed E-state index contributed by atoms with van der Waals surface area (Å²) in [6.07, 6.45) is 0. The van der Waals surface area contributed by atoms with E-state index in [1.807, 2.05) is 13.8 Å². The molecule has 0 aliphatic carbocycles. The summed E-state index contributed by atoms with van der Waals surface area (Å²) in [6.45, 7) is 5.14. The quantitative estimate of drug-likeness (QED) is 0.938. The Morgan fingerprint density at radius 2 is 2.05 bits per heavy atom. The van der Waals surface area contributed by atoms with E-state index < -0.39 is 11.5 Å². The molecule has 0 bridgehead atoms. The van der Waals surface area contributed by atoms with E-state index in [0.29, 0.717) is 22.4 Å². The van der Waals surface area contributed by atoms with E-state index in [1.54, 1.807) is 25.1 Å². The number of hydrogen-bond acceptors (Lipinski definition) is 3. The second-order valence-electron chi connectivity index (χ2n) is 5.50. The van der Waals surface area contributed by atoms with E-state index in [9.17, 15) is 14.0 Å². The Bertz CT molecular complexity index is 781. The summed E-state index contributed by atoms with van der Waals surface area (Å²) in [5.41, 5.74) is 6.45. The number of carbonyl (C=O) groups excluding carboxylic acids is 1. The number of primary amides is 1. The van der Waals surface area contributed by atoms with Gasteiger partial charge in [-0.3, -0.25) is 9.59 Å². The normalized spacial score (nSPS) is 11.0. The molecule has 2 rings (SSSR count). The van der Waals surface area contributed by atoms with Crippen LogP contribution in [0, 0.1) is 12.7 Å².